The second-order valence-corrected chi connectivity index (χ2v) is 2.67. The molecule has 0 fully saturated rings. The van der Waals surface area contributed by atoms with Crippen LogP contribution in [-0.2, 0) is 14.4 Å². The average Bonchev–Trinajstić information content (AvgIpc) is 2.00. The smallest absolute Gasteiger partial charge is 0.306 e. The summed E-state index contributed by atoms with van der Waals surface area (Å²) in [6, 6.07) is 0. The summed E-state index contributed by atoms with van der Waals surface area (Å²) >= 11 is 0. The molecular formula is C7H12N2O4. The van der Waals surface area contributed by atoms with Crippen LogP contribution in [0.25, 0.3) is 0 Å². The van der Waals surface area contributed by atoms with E-state index in [1.165, 1.54) is 13.8 Å². The van der Waals surface area contributed by atoms with Crippen LogP contribution in [0.1, 0.15) is 20.3 Å². The van der Waals surface area contributed by atoms with Gasteiger partial charge in [0.15, 0.2) is 0 Å². The van der Waals surface area contributed by atoms with E-state index in [1.54, 1.807) is 0 Å². The van der Waals surface area contributed by atoms with E-state index in [2.05, 4.69) is 10.9 Å². The predicted molar refractivity (Wildman–Crippen MR) is 43.4 cm³/mol. The summed E-state index contributed by atoms with van der Waals surface area (Å²) in [6.07, 6.45) is -0.157. The van der Waals surface area contributed by atoms with Crippen molar-refractivity contribution in [1.82, 2.24) is 10.9 Å². The third-order valence-electron chi connectivity index (χ3n) is 1.29. The summed E-state index contributed by atoms with van der Waals surface area (Å²) in [5.41, 5.74) is 4.12. The molecule has 0 bridgehead atoms. The average molecular weight is 188 g/mol. The first-order chi connectivity index (χ1) is 5.93. The monoisotopic (exact) mass is 188 g/mol. The molecule has 0 aliphatic carbocycles. The molecular weight excluding hydrogens is 176 g/mol. The lowest BCUT2D eigenvalue weighted by Crippen LogP contribution is -2.41. The third-order valence-corrected chi connectivity index (χ3v) is 1.29. The maximum Gasteiger partial charge on any atom is 0.306 e. The lowest BCUT2D eigenvalue weighted by atomic mass is 10.1. The number of hydrogen-bond donors (Lipinski definition) is 3. The van der Waals surface area contributed by atoms with Crippen LogP contribution in [0.3, 0.4) is 0 Å². The van der Waals surface area contributed by atoms with Crippen molar-refractivity contribution in [2.75, 3.05) is 0 Å². The topological polar surface area (TPSA) is 95.5 Å². The van der Waals surface area contributed by atoms with Crippen LogP contribution in [0.15, 0.2) is 0 Å². The van der Waals surface area contributed by atoms with Gasteiger partial charge in [0.2, 0.25) is 11.8 Å². The number of carboxylic acid groups (broad SMARTS) is 1. The van der Waals surface area contributed by atoms with E-state index < -0.39 is 23.7 Å². The van der Waals surface area contributed by atoms with Crippen molar-refractivity contribution in [1.29, 1.82) is 0 Å². The van der Waals surface area contributed by atoms with E-state index in [1.807, 2.05) is 0 Å². The standard InChI is InChI=1S/C7H12N2O4/c1-4(7(12)13)3-6(11)9-8-5(2)10/h4H,3H2,1-2H3,(H,8,10)(H,9,11)(H,12,13). The van der Waals surface area contributed by atoms with Crippen LogP contribution in [-0.4, -0.2) is 22.9 Å². The Bertz CT molecular complexity index is 227. The molecule has 0 aromatic rings. The number of carbonyl (C=O) groups excluding carboxylic acids is 2. The number of hydrogen-bond acceptors (Lipinski definition) is 3. The zero-order chi connectivity index (χ0) is 10.4. The number of carboxylic acids is 1. The Kier molecular flexibility index (Phi) is 4.50. The molecule has 0 radical (unpaired) electrons. The number of aliphatic carboxylic acids is 1. The van der Waals surface area contributed by atoms with E-state index >= 15 is 0 Å². The molecule has 3 N–H and O–H groups in total. The summed E-state index contributed by atoms with van der Waals surface area (Å²) in [6.45, 7) is 2.65. The summed E-state index contributed by atoms with van der Waals surface area (Å²) < 4.78 is 0. The molecule has 2 amide bonds. The van der Waals surface area contributed by atoms with Gasteiger partial charge >= 0.3 is 5.97 Å². The zero-order valence-electron chi connectivity index (χ0n) is 7.46. The molecule has 0 saturated carbocycles. The van der Waals surface area contributed by atoms with Crippen LogP contribution in [0.4, 0.5) is 0 Å². The van der Waals surface area contributed by atoms with Gasteiger partial charge in [-0.05, 0) is 0 Å². The summed E-state index contributed by atoms with van der Waals surface area (Å²) in [5, 5.41) is 8.44. The summed E-state index contributed by atoms with van der Waals surface area (Å²) in [5.74, 6) is -2.73. The van der Waals surface area contributed by atoms with Crippen molar-refractivity contribution >= 4 is 17.8 Å². The van der Waals surface area contributed by atoms with Crippen molar-refractivity contribution < 1.29 is 19.5 Å². The van der Waals surface area contributed by atoms with Crippen LogP contribution >= 0.6 is 0 Å². The quantitative estimate of drug-likeness (QED) is 0.508. The lowest BCUT2D eigenvalue weighted by Gasteiger charge is -2.06. The lowest BCUT2D eigenvalue weighted by molar-refractivity contribution is -0.143. The van der Waals surface area contributed by atoms with E-state index in [-0.39, 0.29) is 6.42 Å². The predicted octanol–water partition coefficient (Wildman–Crippen LogP) is -0.735. The normalized spacial score (nSPS) is 11.5. The molecule has 1 atom stereocenters. The van der Waals surface area contributed by atoms with Gasteiger partial charge in [-0.3, -0.25) is 25.2 Å². The SMILES string of the molecule is CC(=O)NNC(=O)CC(C)C(=O)O. The van der Waals surface area contributed by atoms with E-state index in [0.29, 0.717) is 0 Å². The Labute approximate surface area is 75.3 Å². The van der Waals surface area contributed by atoms with Crippen LogP contribution in [0, 0.1) is 5.92 Å². The highest BCUT2D eigenvalue weighted by atomic mass is 16.4. The zero-order valence-corrected chi connectivity index (χ0v) is 7.46. The minimum absolute atomic E-state index is 0.157. The Morgan fingerprint density at radius 1 is 1.31 bits per heavy atom. The highest BCUT2D eigenvalue weighted by Crippen LogP contribution is 2.00. The van der Waals surface area contributed by atoms with Gasteiger partial charge in [-0.15, -0.1) is 0 Å². The fourth-order valence-electron chi connectivity index (χ4n) is 0.574. The van der Waals surface area contributed by atoms with Gasteiger partial charge < -0.3 is 5.11 Å². The molecule has 0 aliphatic rings. The van der Waals surface area contributed by atoms with Crippen molar-refractivity contribution in [3.63, 3.8) is 0 Å². The molecule has 6 heteroatoms. The molecule has 13 heavy (non-hydrogen) atoms. The molecule has 0 aromatic carbocycles. The van der Waals surface area contributed by atoms with Gasteiger partial charge in [0.1, 0.15) is 0 Å². The van der Waals surface area contributed by atoms with E-state index in [0.717, 1.165) is 0 Å². The maximum atomic E-state index is 10.9. The molecule has 0 rings (SSSR count). The molecule has 0 heterocycles. The fourth-order valence-corrected chi connectivity index (χ4v) is 0.574. The molecule has 0 saturated heterocycles. The fraction of sp³-hybridized carbons (Fsp3) is 0.571. The van der Waals surface area contributed by atoms with Gasteiger partial charge in [-0.1, -0.05) is 6.92 Å². The highest BCUT2D eigenvalue weighted by Gasteiger charge is 2.15. The first-order valence-corrected chi connectivity index (χ1v) is 3.71. The van der Waals surface area contributed by atoms with Crippen LogP contribution < -0.4 is 10.9 Å². The van der Waals surface area contributed by atoms with Gasteiger partial charge in [0.25, 0.3) is 0 Å². The summed E-state index contributed by atoms with van der Waals surface area (Å²) in [4.78, 5) is 31.5. The third kappa shape index (κ3) is 5.66. The van der Waals surface area contributed by atoms with Crippen molar-refractivity contribution in [3.8, 4) is 0 Å². The Hall–Kier alpha value is -1.59. The minimum Gasteiger partial charge on any atom is -0.481 e. The van der Waals surface area contributed by atoms with Gasteiger partial charge in [-0.25, -0.2) is 0 Å². The van der Waals surface area contributed by atoms with Crippen molar-refractivity contribution in [3.05, 3.63) is 0 Å². The molecule has 0 aromatic heterocycles. The molecule has 1 unspecified atom stereocenters. The number of rotatable bonds is 3. The van der Waals surface area contributed by atoms with E-state index in [4.69, 9.17) is 5.11 Å². The Morgan fingerprint density at radius 2 is 1.85 bits per heavy atom. The highest BCUT2D eigenvalue weighted by molar-refractivity contribution is 5.84. The van der Waals surface area contributed by atoms with Crippen molar-refractivity contribution in [2.24, 2.45) is 5.92 Å². The molecule has 0 spiro atoms. The first kappa shape index (κ1) is 11.4. The first-order valence-electron chi connectivity index (χ1n) is 3.71. The van der Waals surface area contributed by atoms with Crippen molar-refractivity contribution in [2.45, 2.75) is 20.3 Å². The van der Waals surface area contributed by atoms with Gasteiger partial charge in [0, 0.05) is 13.3 Å². The maximum absolute atomic E-state index is 10.9. The van der Waals surface area contributed by atoms with Gasteiger partial charge in [-0.2, -0.15) is 0 Å². The van der Waals surface area contributed by atoms with Crippen LogP contribution in [0.2, 0.25) is 0 Å². The Morgan fingerprint density at radius 3 is 2.23 bits per heavy atom. The second-order valence-electron chi connectivity index (χ2n) is 2.67. The number of carbonyl (C=O) groups is 3. The number of hydrazine groups is 1. The Balaban J connectivity index is 3.74. The largest absolute Gasteiger partial charge is 0.481 e. The minimum atomic E-state index is -1.04. The molecule has 6 nitrogen and oxygen atoms in total. The number of amides is 2. The van der Waals surface area contributed by atoms with E-state index in [9.17, 15) is 14.4 Å². The number of nitrogens with one attached hydrogen (secondary N) is 2. The van der Waals surface area contributed by atoms with Crippen LogP contribution in [0.5, 0.6) is 0 Å². The molecule has 0 aliphatic heterocycles. The van der Waals surface area contributed by atoms with Gasteiger partial charge in [0.05, 0.1) is 5.92 Å². The molecule has 74 valence electrons. The second kappa shape index (κ2) is 5.13. The summed E-state index contributed by atoms with van der Waals surface area (Å²) in [7, 11) is 0.